The third-order valence-corrected chi connectivity index (χ3v) is 4.45. The fraction of sp³-hybridized carbons (Fsp3) is 0.308. The second kappa shape index (κ2) is 5.17. The Labute approximate surface area is 120 Å². The lowest BCUT2D eigenvalue weighted by Crippen LogP contribution is -2.14. The molecule has 0 radical (unpaired) electrons. The minimum absolute atomic E-state index is 0.683. The highest BCUT2D eigenvalue weighted by Crippen LogP contribution is 2.33. The molecule has 1 heterocycles. The average Bonchev–Trinajstić information content (AvgIpc) is 3.08. The summed E-state index contributed by atoms with van der Waals surface area (Å²) < 4.78 is 0. The maximum Gasteiger partial charge on any atom is 0.125 e. The molecule has 0 saturated heterocycles. The number of halogens is 2. The SMILES string of the molecule is Clc1ccc(Cl)c(-c2ncc(CNC3CC3)s2)c1. The zero-order chi connectivity index (χ0) is 12.5. The van der Waals surface area contributed by atoms with Gasteiger partial charge < -0.3 is 5.32 Å². The van der Waals surface area contributed by atoms with Crippen LogP contribution in [0.4, 0.5) is 0 Å². The standard InChI is InChI=1S/C13H12Cl2N2S/c14-8-1-4-12(15)11(5-8)13-17-7-10(18-13)6-16-9-2-3-9/h1,4-5,7,9,16H,2-3,6H2. The fourth-order valence-electron chi connectivity index (χ4n) is 1.71. The van der Waals surface area contributed by atoms with Crippen LogP contribution in [0.25, 0.3) is 10.6 Å². The van der Waals surface area contributed by atoms with Gasteiger partial charge in [-0.05, 0) is 31.0 Å². The summed E-state index contributed by atoms with van der Waals surface area (Å²) in [5.41, 5.74) is 0.909. The van der Waals surface area contributed by atoms with Gasteiger partial charge in [-0.1, -0.05) is 23.2 Å². The Kier molecular flexibility index (Phi) is 3.57. The van der Waals surface area contributed by atoms with Crippen LogP contribution in [0.5, 0.6) is 0 Å². The van der Waals surface area contributed by atoms with Crippen molar-refractivity contribution >= 4 is 34.5 Å². The molecule has 3 rings (SSSR count). The maximum atomic E-state index is 6.17. The minimum Gasteiger partial charge on any atom is -0.309 e. The van der Waals surface area contributed by atoms with Crippen LogP contribution in [-0.2, 0) is 6.54 Å². The van der Waals surface area contributed by atoms with E-state index in [1.807, 2.05) is 18.3 Å². The summed E-state index contributed by atoms with van der Waals surface area (Å²) in [7, 11) is 0. The van der Waals surface area contributed by atoms with Crippen molar-refractivity contribution in [2.24, 2.45) is 0 Å². The van der Waals surface area contributed by atoms with Crippen LogP contribution in [0.3, 0.4) is 0 Å². The zero-order valence-corrected chi connectivity index (χ0v) is 11.9. The number of nitrogens with zero attached hydrogens (tertiary/aromatic N) is 1. The molecule has 1 aromatic heterocycles. The largest absolute Gasteiger partial charge is 0.309 e. The first kappa shape index (κ1) is 12.4. The van der Waals surface area contributed by atoms with Crippen molar-refractivity contribution in [2.45, 2.75) is 25.4 Å². The Bertz CT molecular complexity index is 564. The second-order valence-electron chi connectivity index (χ2n) is 4.41. The quantitative estimate of drug-likeness (QED) is 0.907. The molecular formula is C13H12Cl2N2S. The normalized spacial score (nSPS) is 15.0. The summed E-state index contributed by atoms with van der Waals surface area (Å²) >= 11 is 13.8. The molecule has 1 N–H and O–H groups in total. The number of hydrogen-bond acceptors (Lipinski definition) is 3. The van der Waals surface area contributed by atoms with Crippen LogP contribution in [0.15, 0.2) is 24.4 Å². The van der Waals surface area contributed by atoms with Crippen LogP contribution in [0.1, 0.15) is 17.7 Å². The van der Waals surface area contributed by atoms with Gasteiger partial charge in [-0.2, -0.15) is 0 Å². The first-order chi connectivity index (χ1) is 8.72. The number of thiazole rings is 1. The maximum absolute atomic E-state index is 6.17. The van der Waals surface area contributed by atoms with Crippen LogP contribution < -0.4 is 5.32 Å². The lowest BCUT2D eigenvalue weighted by Gasteiger charge is -2.00. The monoisotopic (exact) mass is 298 g/mol. The highest BCUT2D eigenvalue weighted by molar-refractivity contribution is 7.15. The van der Waals surface area contributed by atoms with E-state index in [9.17, 15) is 0 Å². The highest BCUT2D eigenvalue weighted by Gasteiger charge is 2.20. The van der Waals surface area contributed by atoms with E-state index >= 15 is 0 Å². The van der Waals surface area contributed by atoms with Crippen LogP contribution >= 0.6 is 34.5 Å². The summed E-state index contributed by atoms with van der Waals surface area (Å²) in [4.78, 5) is 5.65. The molecule has 2 aromatic rings. The van der Waals surface area contributed by atoms with E-state index < -0.39 is 0 Å². The number of hydrogen-bond donors (Lipinski definition) is 1. The van der Waals surface area contributed by atoms with Crippen molar-refractivity contribution in [1.29, 1.82) is 0 Å². The Balaban J connectivity index is 1.80. The van der Waals surface area contributed by atoms with Crippen molar-refractivity contribution < 1.29 is 0 Å². The van der Waals surface area contributed by atoms with E-state index in [4.69, 9.17) is 23.2 Å². The van der Waals surface area contributed by atoms with E-state index in [-0.39, 0.29) is 0 Å². The second-order valence-corrected chi connectivity index (χ2v) is 6.37. The molecule has 94 valence electrons. The predicted octanol–water partition coefficient (Wildman–Crippen LogP) is 4.37. The van der Waals surface area contributed by atoms with Crippen molar-refractivity contribution in [1.82, 2.24) is 10.3 Å². The Hall–Kier alpha value is -0.610. The van der Waals surface area contributed by atoms with E-state index in [0.29, 0.717) is 16.1 Å². The topological polar surface area (TPSA) is 24.9 Å². The van der Waals surface area contributed by atoms with Gasteiger partial charge in [0, 0.05) is 34.2 Å². The first-order valence-corrected chi connectivity index (χ1v) is 7.43. The molecule has 1 aliphatic rings. The van der Waals surface area contributed by atoms with Crippen molar-refractivity contribution in [2.75, 3.05) is 0 Å². The number of benzene rings is 1. The van der Waals surface area contributed by atoms with Gasteiger partial charge in [-0.3, -0.25) is 0 Å². The molecule has 0 unspecified atom stereocenters. The van der Waals surface area contributed by atoms with Crippen molar-refractivity contribution in [3.8, 4) is 10.6 Å². The smallest absolute Gasteiger partial charge is 0.125 e. The molecule has 2 nitrogen and oxygen atoms in total. The zero-order valence-electron chi connectivity index (χ0n) is 9.62. The van der Waals surface area contributed by atoms with Gasteiger partial charge in [-0.25, -0.2) is 4.98 Å². The highest BCUT2D eigenvalue weighted by atomic mass is 35.5. The molecule has 1 aliphatic carbocycles. The molecule has 0 spiro atoms. The minimum atomic E-state index is 0.683. The molecule has 0 atom stereocenters. The van der Waals surface area contributed by atoms with Gasteiger partial charge in [0.05, 0.1) is 5.02 Å². The third-order valence-electron chi connectivity index (χ3n) is 2.85. The molecule has 0 amide bonds. The van der Waals surface area contributed by atoms with E-state index in [1.54, 1.807) is 17.4 Å². The molecular weight excluding hydrogens is 287 g/mol. The van der Waals surface area contributed by atoms with Gasteiger partial charge in [0.1, 0.15) is 5.01 Å². The van der Waals surface area contributed by atoms with Crippen molar-refractivity contribution in [3.05, 3.63) is 39.3 Å². The fourth-order valence-corrected chi connectivity index (χ4v) is 3.04. The average molecular weight is 299 g/mol. The molecule has 1 aromatic carbocycles. The number of nitrogens with one attached hydrogen (secondary N) is 1. The summed E-state index contributed by atoms with van der Waals surface area (Å²) in [6.07, 6.45) is 4.50. The number of aromatic nitrogens is 1. The molecule has 0 bridgehead atoms. The summed E-state index contributed by atoms with van der Waals surface area (Å²) in [6, 6.07) is 6.17. The van der Waals surface area contributed by atoms with Gasteiger partial charge in [0.25, 0.3) is 0 Å². The van der Waals surface area contributed by atoms with Gasteiger partial charge in [0.15, 0.2) is 0 Å². The third kappa shape index (κ3) is 2.86. The summed E-state index contributed by atoms with van der Waals surface area (Å²) in [5, 5.41) is 5.77. The predicted molar refractivity (Wildman–Crippen MR) is 77.4 cm³/mol. The summed E-state index contributed by atoms with van der Waals surface area (Å²) in [5.74, 6) is 0. The summed E-state index contributed by atoms with van der Waals surface area (Å²) in [6.45, 7) is 0.889. The Morgan fingerprint density at radius 2 is 2.17 bits per heavy atom. The molecule has 0 aliphatic heterocycles. The van der Waals surface area contributed by atoms with E-state index in [1.165, 1.54) is 17.7 Å². The van der Waals surface area contributed by atoms with E-state index in [2.05, 4.69) is 10.3 Å². The Morgan fingerprint density at radius 1 is 1.33 bits per heavy atom. The Morgan fingerprint density at radius 3 is 2.94 bits per heavy atom. The van der Waals surface area contributed by atoms with Crippen LogP contribution in [0.2, 0.25) is 10.0 Å². The van der Waals surface area contributed by atoms with Gasteiger partial charge in [0.2, 0.25) is 0 Å². The molecule has 1 saturated carbocycles. The number of rotatable bonds is 4. The van der Waals surface area contributed by atoms with Gasteiger partial charge >= 0.3 is 0 Å². The first-order valence-electron chi connectivity index (χ1n) is 5.86. The van der Waals surface area contributed by atoms with Gasteiger partial charge in [-0.15, -0.1) is 11.3 Å². The molecule has 1 fully saturated rings. The van der Waals surface area contributed by atoms with Crippen LogP contribution in [-0.4, -0.2) is 11.0 Å². The van der Waals surface area contributed by atoms with Crippen molar-refractivity contribution in [3.63, 3.8) is 0 Å². The van der Waals surface area contributed by atoms with Crippen LogP contribution in [0, 0.1) is 0 Å². The molecule has 5 heteroatoms. The van der Waals surface area contributed by atoms with E-state index in [0.717, 1.165) is 17.1 Å². The lowest BCUT2D eigenvalue weighted by molar-refractivity contribution is 0.694. The molecule has 18 heavy (non-hydrogen) atoms. The lowest BCUT2D eigenvalue weighted by atomic mass is 10.2.